The van der Waals surface area contributed by atoms with Crippen LogP contribution in [0.4, 0.5) is 0 Å². The van der Waals surface area contributed by atoms with E-state index in [9.17, 15) is 0 Å². The fourth-order valence-corrected chi connectivity index (χ4v) is 1.40. The number of aryl methyl sites for hydroxylation is 1. The van der Waals surface area contributed by atoms with Gasteiger partial charge in [0.2, 0.25) is 0 Å². The third-order valence-corrected chi connectivity index (χ3v) is 2.10. The average Bonchev–Trinajstić information content (AvgIpc) is 2.04. The summed E-state index contributed by atoms with van der Waals surface area (Å²) in [6.45, 7) is 2.10. The van der Waals surface area contributed by atoms with Gasteiger partial charge in [0.25, 0.3) is 0 Å². The number of benzene rings is 1. The van der Waals surface area contributed by atoms with Gasteiger partial charge in [0.05, 0.1) is 0 Å². The van der Waals surface area contributed by atoms with Crippen molar-refractivity contribution in [2.45, 2.75) is 13.3 Å². The molecule has 0 aliphatic rings. The Morgan fingerprint density at radius 1 is 1.55 bits per heavy atom. The molecule has 56 valence electrons. The Morgan fingerprint density at radius 2 is 2.27 bits per heavy atom. The van der Waals surface area contributed by atoms with Crippen LogP contribution in [0.5, 0.6) is 0 Å². The van der Waals surface area contributed by atoms with Crippen molar-refractivity contribution in [2.75, 3.05) is 0 Å². The molecule has 0 atom stereocenters. The number of terminal acetylenes is 1. The standard InChI is InChI=1S/C10H9Br/c1-3-8-5-6-10(11)7-9(8)4-2/h1,5-7H,4H2,2H3. The Morgan fingerprint density at radius 3 is 2.82 bits per heavy atom. The molecule has 0 aromatic heterocycles. The molecule has 1 rings (SSSR count). The summed E-state index contributed by atoms with van der Waals surface area (Å²) in [7, 11) is 0. The van der Waals surface area contributed by atoms with Gasteiger partial charge < -0.3 is 0 Å². The van der Waals surface area contributed by atoms with Gasteiger partial charge in [0.15, 0.2) is 0 Å². The minimum atomic E-state index is 0.985. The van der Waals surface area contributed by atoms with E-state index in [1.807, 2.05) is 12.1 Å². The molecule has 0 bridgehead atoms. The maximum Gasteiger partial charge on any atom is 0.0275 e. The van der Waals surface area contributed by atoms with E-state index in [-0.39, 0.29) is 0 Å². The first-order valence-corrected chi connectivity index (χ1v) is 4.32. The minimum absolute atomic E-state index is 0.985. The van der Waals surface area contributed by atoms with Gasteiger partial charge in [-0.1, -0.05) is 28.8 Å². The molecule has 0 heterocycles. The molecule has 0 N–H and O–H groups in total. The van der Waals surface area contributed by atoms with Gasteiger partial charge in [-0.05, 0) is 30.2 Å². The van der Waals surface area contributed by atoms with Crippen molar-refractivity contribution in [1.82, 2.24) is 0 Å². The van der Waals surface area contributed by atoms with Gasteiger partial charge in [0, 0.05) is 10.0 Å². The Labute approximate surface area is 75.8 Å². The molecule has 0 fully saturated rings. The van der Waals surface area contributed by atoms with Crippen molar-refractivity contribution >= 4 is 15.9 Å². The van der Waals surface area contributed by atoms with Crippen LogP contribution in [-0.2, 0) is 6.42 Å². The molecule has 1 heteroatoms. The zero-order valence-corrected chi connectivity index (χ0v) is 7.98. The first-order valence-electron chi connectivity index (χ1n) is 3.53. The van der Waals surface area contributed by atoms with Gasteiger partial charge in [-0.25, -0.2) is 0 Å². The van der Waals surface area contributed by atoms with Crippen molar-refractivity contribution < 1.29 is 0 Å². The van der Waals surface area contributed by atoms with Crippen molar-refractivity contribution in [1.29, 1.82) is 0 Å². The quantitative estimate of drug-likeness (QED) is 0.623. The van der Waals surface area contributed by atoms with Crippen LogP contribution in [0.2, 0.25) is 0 Å². The van der Waals surface area contributed by atoms with Gasteiger partial charge in [-0.15, -0.1) is 6.42 Å². The van der Waals surface area contributed by atoms with Gasteiger partial charge in [0.1, 0.15) is 0 Å². The van der Waals surface area contributed by atoms with Crippen LogP contribution in [0.3, 0.4) is 0 Å². The molecule has 0 nitrogen and oxygen atoms in total. The van der Waals surface area contributed by atoms with E-state index in [1.54, 1.807) is 0 Å². The molecule has 0 aliphatic carbocycles. The first-order chi connectivity index (χ1) is 5.27. The predicted octanol–water partition coefficient (Wildman–Crippen LogP) is 2.99. The highest BCUT2D eigenvalue weighted by molar-refractivity contribution is 9.10. The van der Waals surface area contributed by atoms with E-state index < -0.39 is 0 Å². The summed E-state index contributed by atoms with van der Waals surface area (Å²) in [6, 6.07) is 5.99. The fraction of sp³-hybridized carbons (Fsp3) is 0.200. The first kappa shape index (κ1) is 8.36. The molecule has 1 aromatic rings. The number of hydrogen-bond acceptors (Lipinski definition) is 0. The van der Waals surface area contributed by atoms with Crippen LogP contribution in [-0.4, -0.2) is 0 Å². The largest absolute Gasteiger partial charge is 0.115 e. The van der Waals surface area contributed by atoms with E-state index >= 15 is 0 Å². The summed E-state index contributed by atoms with van der Waals surface area (Å²) < 4.78 is 1.09. The van der Waals surface area contributed by atoms with Crippen LogP contribution in [0.15, 0.2) is 22.7 Å². The van der Waals surface area contributed by atoms with Gasteiger partial charge in [-0.2, -0.15) is 0 Å². The van der Waals surface area contributed by atoms with Gasteiger partial charge >= 0.3 is 0 Å². The maximum atomic E-state index is 5.31. The smallest absolute Gasteiger partial charge is 0.0275 e. The van der Waals surface area contributed by atoms with E-state index in [1.165, 1.54) is 5.56 Å². The van der Waals surface area contributed by atoms with E-state index in [2.05, 4.69) is 34.8 Å². The molecule has 0 aliphatic heterocycles. The van der Waals surface area contributed by atoms with E-state index in [4.69, 9.17) is 6.42 Å². The van der Waals surface area contributed by atoms with Crippen LogP contribution >= 0.6 is 15.9 Å². The van der Waals surface area contributed by atoms with E-state index in [0.29, 0.717) is 0 Å². The Hall–Kier alpha value is -0.740. The molecule has 0 saturated carbocycles. The van der Waals surface area contributed by atoms with Crippen LogP contribution in [0.25, 0.3) is 0 Å². The van der Waals surface area contributed by atoms with Crippen LogP contribution < -0.4 is 0 Å². The lowest BCUT2D eigenvalue weighted by Crippen LogP contribution is -1.86. The molecule has 0 spiro atoms. The Balaban J connectivity index is 3.19. The van der Waals surface area contributed by atoms with Crippen molar-refractivity contribution in [2.24, 2.45) is 0 Å². The topological polar surface area (TPSA) is 0 Å². The summed E-state index contributed by atoms with van der Waals surface area (Å²) in [4.78, 5) is 0. The lowest BCUT2D eigenvalue weighted by molar-refractivity contribution is 1.13. The Bertz CT molecular complexity index is 294. The molecular weight excluding hydrogens is 200 g/mol. The SMILES string of the molecule is C#Cc1ccc(Br)cc1CC. The molecule has 0 radical (unpaired) electrons. The number of halogens is 1. The van der Waals surface area contributed by atoms with Crippen molar-refractivity contribution in [3.8, 4) is 12.3 Å². The summed E-state index contributed by atoms with van der Waals surface area (Å²) in [6.07, 6.45) is 6.30. The lowest BCUT2D eigenvalue weighted by atomic mass is 10.1. The average molecular weight is 209 g/mol. The second-order valence-electron chi connectivity index (χ2n) is 2.30. The minimum Gasteiger partial charge on any atom is -0.115 e. The highest BCUT2D eigenvalue weighted by atomic mass is 79.9. The second kappa shape index (κ2) is 3.59. The Kier molecular flexibility index (Phi) is 2.73. The highest BCUT2D eigenvalue weighted by Crippen LogP contribution is 2.16. The van der Waals surface area contributed by atoms with Crippen molar-refractivity contribution in [3.63, 3.8) is 0 Å². The zero-order chi connectivity index (χ0) is 8.27. The molecule has 0 unspecified atom stereocenters. The number of hydrogen-bond donors (Lipinski definition) is 0. The third-order valence-electron chi connectivity index (χ3n) is 1.60. The molecule has 11 heavy (non-hydrogen) atoms. The lowest BCUT2D eigenvalue weighted by Gasteiger charge is -2.00. The predicted molar refractivity (Wildman–Crippen MR) is 51.5 cm³/mol. The fourth-order valence-electron chi connectivity index (χ4n) is 0.996. The zero-order valence-electron chi connectivity index (χ0n) is 6.39. The molecule has 0 amide bonds. The summed E-state index contributed by atoms with van der Waals surface area (Å²) >= 11 is 3.40. The summed E-state index contributed by atoms with van der Waals surface area (Å²) in [5.41, 5.74) is 2.22. The summed E-state index contributed by atoms with van der Waals surface area (Å²) in [5.74, 6) is 2.65. The van der Waals surface area contributed by atoms with Gasteiger partial charge in [-0.3, -0.25) is 0 Å². The molecule has 1 aromatic carbocycles. The summed E-state index contributed by atoms with van der Waals surface area (Å²) in [5, 5.41) is 0. The third kappa shape index (κ3) is 1.85. The maximum absolute atomic E-state index is 5.31. The second-order valence-corrected chi connectivity index (χ2v) is 3.22. The van der Waals surface area contributed by atoms with Crippen molar-refractivity contribution in [3.05, 3.63) is 33.8 Å². The monoisotopic (exact) mass is 208 g/mol. The highest BCUT2D eigenvalue weighted by Gasteiger charge is 1.96. The molecular formula is C10H9Br. The van der Waals surface area contributed by atoms with Crippen LogP contribution in [0.1, 0.15) is 18.1 Å². The number of rotatable bonds is 1. The normalized spacial score (nSPS) is 9.18. The molecule has 0 saturated heterocycles. The van der Waals surface area contributed by atoms with E-state index in [0.717, 1.165) is 16.5 Å². The van der Waals surface area contributed by atoms with Crippen LogP contribution in [0, 0.1) is 12.3 Å².